The lowest BCUT2D eigenvalue weighted by atomic mass is 10.0. The van der Waals surface area contributed by atoms with Crippen molar-refractivity contribution in [3.05, 3.63) is 35.6 Å². The van der Waals surface area contributed by atoms with E-state index >= 15 is 0 Å². The zero-order valence-corrected chi connectivity index (χ0v) is 9.79. The molecule has 0 aromatic heterocycles. The average molecular weight is 225 g/mol. The first kappa shape index (κ1) is 13.1. The van der Waals surface area contributed by atoms with Crippen molar-refractivity contribution in [2.24, 2.45) is 5.73 Å². The molecular formula is C13H20FNO. The van der Waals surface area contributed by atoms with Crippen molar-refractivity contribution in [2.75, 3.05) is 13.2 Å². The average Bonchev–Trinajstić information content (AvgIpc) is 2.24. The summed E-state index contributed by atoms with van der Waals surface area (Å²) in [6.45, 7) is 3.55. The fourth-order valence-electron chi connectivity index (χ4n) is 1.55. The van der Waals surface area contributed by atoms with Crippen molar-refractivity contribution in [2.45, 2.75) is 32.2 Å². The van der Waals surface area contributed by atoms with E-state index in [9.17, 15) is 4.39 Å². The van der Waals surface area contributed by atoms with E-state index in [1.807, 2.05) is 6.07 Å². The number of nitrogens with two attached hydrogens (primary N) is 1. The van der Waals surface area contributed by atoms with Crippen LogP contribution in [0.2, 0.25) is 0 Å². The van der Waals surface area contributed by atoms with Crippen molar-refractivity contribution in [1.29, 1.82) is 0 Å². The Bertz CT molecular complexity index is 304. The van der Waals surface area contributed by atoms with Gasteiger partial charge in [0.15, 0.2) is 0 Å². The molecule has 0 aliphatic carbocycles. The lowest BCUT2D eigenvalue weighted by Gasteiger charge is -2.11. The molecule has 1 unspecified atom stereocenters. The highest BCUT2D eigenvalue weighted by molar-refractivity contribution is 5.17. The first-order valence-corrected chi connectivity index (χ1v) is 5.80. The second-order valence-electron chi connectivity index (χ2n) is 4.00. The lowest BCUT2D eigenvalue weighted by molar-refractivity contribution is 0.127. The van der Waals surface area contributed by atoms with E-state index < -0.39 is 0 Å². The molecule has 16 heavy (non-hydrogen) atoms. The van der Waals surface area contributed by atoms with E-state index in [-0.39, 0.29) is 11.9 Å². The van der Waals surface area contributed by atoms with E-state index in [0.29, 0.717) is 13.0 Å². The van der Waals surface area contributed by atoms with Gasteiger partial charge in [-0.25, -0.2) is 4.39 Å². The Balaban J connectivity index is 2.25. The maximum absolute atomic E-state index is 12.9. The minimum Gasteiger partial charge on any atom is -0.381 e. The Kier molecular flexibility index (Phi) is 6.04. The molecular weight excluding hydrogens is 205 g/mol. The van der Waals surface area contributed by atoms with E-state index in [1.54, 1.807) is 6.07 Å². The summed E-state index contributed by atoms with van der Waals surface area (Å²) in [6.07, 6.45) is 2.54. The molecule has 0 bridgehead atoms. The largest absolute Gasteiger partial charge is 0.381 e. The van der Waals surface area contributed by atoms with Gasteiger partial charge in [-0.15, -0.1) is 0 Å². The first-order valence-electron chi connectivity index (χ1n) is 5.80. The number of hydrogen-bond acceptors (Lipinski definition) is 2. The molecule has 3 heteroatoms. The van der Waals surface area contributed by atoms with Crippen molar-refractivity contribution in [3.8, 4) is 0 Å². The zero-order chi connectivity index (χ0) is 11.8. The van der Waals surface area contributed by atoms with Gasteiger partial charge in [0, 0.05) is 19.3 Å². The topological polar surface area (TPSA) is 35.2 Å². The minimum atomic E-state index is -0.202. The van der Waals surface area contributed by atoms with Crippen LogP contribution in [-0.2, 0) is 11.2 Å². The Hall–Kier alpha value is -0.930. The standard InChI is InChI=1S/C13H20FNO/c1-2-7-16-8-6-13(15)10-11-4-3-5-12(14)9-11/h3-5,9,13H,2,6-8,10,15H2,1H3. The second kappa shape index (κ2) is 7.36. The fourth-order valence-corrected chi connectivity index (χ4v) is 1.55. The van der Waals surface area contributed by atoms with Crippen molar-refractivity contribution in [3.63, 3.8) is 0 Å². The predicted molar refractivity (Wildman–Crippen MR) is 63.8 cm³/mol. The molecule has 0 heterocycles. The molecule has 0 amide bonds. The molecule has 1 rings (SSSR count). The number of rotatable bonds is 7. The van der Waals surface area contributed by atoms with Crippen LogP contribution in [0.25, 0.3) is 0 Å². The number of ether oxygens (including phenoxy) is 1. The maximum Gasteiger partial charge on any atom is 0.123 e. The van der Waals surface area contributed by atoms with E-state index in [1.165, 1.54) is 12.1 Å². The summed E-state index contributed by atoms with van der Waals surface area (Å²) in [5.74, 6) is -0.202. The molecule has 0 saturated carbocycles. The third-order valence-electron chi connectivity index (χ3n) is 2.37. The van der Waals surface area contributed by atoms with Gasteiger partial charge in [0.1, 0.15) is 5.82 Å². The molecule has 1 aromatic rings. The summed E-state index contributed by atoms with van der Waals surface area (Å²) in [7, 11) is 0. The van der Waals surface area contributed by atoms with Gasteiger partial charge >= 0.3 is 0 Å². The minimum absolute atomic E-state index is 0.0404. The Morgan fingerprint density at radius 1 is 1.38 bits per heavy atom. The monoisotopic (exact) mass is 225 g/mol. The molecule has 2 nitrogen and oxygen atoms in total. The van der Waals surface area contributed by atoms with Crippen LogP contribution < -0.4 is 5.73 Å². The summed E-state index contributed by atoms with van der Waals surface area (Å²) in [5.41, 5.74) is 6.88. The van der Waals surface area contributed by atoms with Crippen LogP contribution in [0.1, 0.15) is 25.3 Å². The van der Waals surface area contributed by atoms with E-state index in [0.717, 1.165) is 25.0 Å². The summed E-state index contributed by atoms with van der Waals surface area (Å²) >= 11 is 0. The van der Waals surface area contributed by atoms with Crippen molar-refractivity contribution < 1.29 is 9.13 Å². The van der Waals surface area contributed by atoms with E-state index in [4.69, 9.17) is 10.5 Å². The van der Waals surface area contributed by atoms with Gasteiger partial charge in [-0.05, 0) is 37.0 Å². The van der Waals surface area contributed by atoms with Gasteiger partial charge in [-0.3, -0.25) is 0 Å². The Labute approximate surface area is 96.6 Å². The quantitative estimate of drug-likeness (QED) is 0.724. The number of halogens is 1. The SMILES string of the molecule is CCCOCCC(N)Cc1cccc(F)c1. The van der Waals surface area contributed by atoms with Gasteiger partial charge in [0.2, 0.25) is 0 Å². The summed E-state index contributed by atoms with van der Waals surface area (Å²) in [5, 5.41) is 0. The van der Waals surface area contributed by atoms with Crippen LogP contribution >= 0.6 is 0 Å². The lowest BCUT2D eigenvalue weighted by Crippen LogP contribution is -2.24. The van der Waals surface area contributed by atoms with Crippen LogP contribution in [0, 0.1) is 5.82 Å². The second-order valence-corrected chi connectivity index (χ2v) is 4.00. The summed E-state index contributed by atoms with van der Waals surface area (Å²) in [4.78, 5) is 0. The van der Waals surface area contributed by atoms with Crippen LogP contribution in [0.4, 0.5) is 4.39 Å². The van der Waals surface area contributed by atoms with E-state index in [2.05, 4.69) is 6.92 Å². The molecule has 1 atom stereocenters. The molecule has 0 aliphatic heterocycles. The number of benzene rings is 1. The fraction of sp³-hybridized carbons (Fsp3) is 0.538. The molecule has 1 aromatic carbocycles. The predicted octanol–water partition coefficient (Wildman–Crippen LogP) is 2.51. The number of hydrogen-bond donors (Lipinski definition) is 1. The van der Waals surface area contributed by atoms with Crippen LogP contribution in [0.3, 0.4) is 0 Å². The zero-order valence-electron chi connectivity index (χ0n) is 9.79. The maximum atomic E-state index is 12.9. The molecule has 0 saturated heterocycles. The highest BCUT2D eigenvalue weighted by atomic mass is 19.1. The smallest absolute Gasteiger partial charge is 0.123 e. The Morgan fingerprint density at radius 3 is 2.88 bits per heavy atom. The van der Waals surface area contributed by atoms with Gasteiger partial charge in [-0.1, -0.05) is 19.1 Å². The van der Waals surface area contributed by atoms with Gasteiger partial charge in [-0.2, -0.15) is 0 Å². The molecule has 0 fully saturated rings. The first-order chi connectivity index (χ1) is 7.72. The Morgan fingerprint density at radius 2 is 2.19 bits per heavy atom. The van der Waals surface area contributed by atoms with Gasteiger partial charge < -0.3 is 10.5 Å². The molecule has 2 N–H and O–H groups in total. The summed E-state index contributed by atoms with van der Waals surface area (Å²) < 4.78 is 18.3. The highest BCUT2D eigenvalue weighted by Crippen LogP contribution is 2.07. The van der Waals surface area contributed by atoms with Crippen LogP contribution in [-0.4, -0.2) is 19.3 Å². The molecule has 0 radical (unpaired) electrons. The van der Waals surface area contributed by atoms with Crippen LogP contribution in [0.15, 0.2) is 24.3 Å². The third kappa shape index (κ3) is 5.24. The van der Waals surface area contributed by atoms with Crippen molar-refractivity contribution in [1.82, 2.24) is 0 Å². The van der Waals surface area contributed by atoms with Gasteiger partial charge in [0.25, 0.3) is 0 Å². The van der Waals surface area contributed by atoms with Crippen LogP contribution in [0.5, 0.6) is 0 Å². The highest BCUT2D eigenvalue weighted by Gasteiger charge is 2.04. The molecule has 0 aliphatic rings. The third-order valence-corrected chi connectivity index (χ3v) is 2.37. The van der Waals surface area contributed by atoms with Gasteiger partial charge in [0.05, 0.1) is 0 Å². The normalized spacial score (nSPS) is 12.7. The molecule has 90 valence electrons. The molecule has 0 spiro atoms. The summed E-state index contributed by atoms with van der Waals surface area (Å²) in [6, 6.07) is 6.63. The van der Waals surface area contributed by atoms with Crippen molar-refractivity contribution >= 4 is 0 Å².